The number of benzene rings is 4. The zero-order valence-corrected chi connectivity index (χ0v) is 32.8. The van der Waals surface area contributed by atoms with Crippen LogP contribution in [0.4, 0.5) is 0 Å². The summed E-state index contributed by atoms with van der Waals surface area (Å²) < 4.78 is 22.6. The van der Waals surface area contributed by atoms with Crippen LogP contribution in [0.5, 0.6) is 23.0 Å². The van der Waals surface area contributed by atoms with Crippen molar-refractivity contribution in [2.24, 2.45) is 0 Å². The summed E-state index contributed by atoms with van der Waals surface area (Å²) in [5.74, 6) is 1.38. The van der Waals surface area contributed by atoms with Gasteiger partial charge >= 0.3 is 284 Å². The molecule has 2 unspecified atom stereocenters. The van der Waals surface area contributed by atoms with E-state index < -0.39 is 21.5 Å². The van der Waals surface area contributed by atoms with Crippen molar-refractivity contribution < 1.29 is 34.5 Å². The van der Waals surface area contributed by atoms with E-state index in [4.69, 9.17) is 36.0 Å². The third-order valence-electron chi connectivity index (χ3n) is 10.2. The number of allylic oxidation sites excluding steroid dienone is 2. The Hall–Kier alpha value is -2.76. The Morgan fingerprint density at radius 3 is 1.33 bits per heavy atom. The Morgan fingerprint density at radius 1 is 0.565 bits per heavy atom. The molecule has 0 saturated carbocycles. The molecule has 8 heteroatoms. The van der Waals surface area contributed by atoms with Crippen molar-refractivity contribution in [1.29, 1.82) is 0 Å². The Bertz CT molecular complexity index is 1780. The first-order valence-corrected chi connectivity index (χ1v) is 31.9. The van der Waals surface area contributed by atoms with Gasteiger partial charge in [-0.25, -0.2) is 0 Å². The van der Waals surface area contributed by atoms with Crippen molar-refractivity contribution in [3.63, 3.8) is 0 Å². The SMILES string of the molecule is COc1ccc(-c2cccc3c2C=C(C)[CH]3[Zr]([Cl])([Cl])([CH]2C(C)=Cc3c(-c4ccc(OC)cc4OC)cccc32)[SiH](C)C)c(OC)c1. The van der Waals surface area contributed by atoms with Crippen LogP contribution in [0, 0.1) is 0 Å². The van der Waals surface area contributed by atoms with Crippen LogP contribution < -0.4 is 18.9 Å². The van der Waals surface area contributed by atoms with Crippen LogP contribution in [0.3, 0.4) is 0 Å². The van der Waals surface area contributed by atoms with Gasteiger partial charge in [0.15, 0.2) is 0 Å². The first kappa shape index (κ1) is 33.2. The first-order chi connectivity index (χ1) is 22.0. The molecule has 0 bridgehead atoms. The fraction of sp³-hybridized carbons (Fsp3) is 0.263. The molecule has 239 valence electrons. The minimum atomic E-state index is -4.84. The van der Waals surface area contributed by atoms with Crippen LogP contribution in [0.15, 0.2) is 83.9 Å². The van der Waals surface area contributed by atoms with E-state index >= 15 is 0 Å². The molecule has 4 aromatic carbocycles. The van der Waals surface area contributed by atoms with Crippen molar-refractivity contribution in [2.45, 2.75) is 34.2 Å². The van der Waals surface area contributed by atoms with E-state index in [1.807, 2.05) is 24.3 Å². The number of rotatable bonds is 9. The molecule has 46 heavy (non-hydrogen) atoms. The molecule has 0 aromatic heterocycles. The molecule has 0 radical (unpaired) electrons. The van der Waals surface area contributed by atoms with Gasteiger partial charge in [-0.3, -0.25) is 0 Å². The second-order valence-electron chi connectivity index (χ2n) is 12.8. The van der Waals surface area contributed by atoms with Gasteiger partial charge in [0, 0.05) is 0 Å². The van der Waals surface area contributed by atoms with Crippen molar-refractivity contribution in [1.82, 2.24) is 0 Å². The average molecular weight is 752 g/mol. The normalized spacial score (nSPS) is 17.8. The third-order valence-corrected chi connectivity index (χ3v) is 62.4. The average Bonchev–Trinajstić information content (AvgIpc) is 3.60. The van der Waals surface area contributed by atoms with Gasteiger partial charge in [0.05, 0.1) is 0 Å². The molecule has 0 aliphatic heterocycles. The Labute approximate surface area is 281 Å². The van der Waals surface area contributed by atoms with Gasteiger partial charge < -0.3 is 0 Å². The van der Waals surface area contributed by atoms with E-state index in [0.717, 1.165) is 45.3 Å². The van der Waals surface area contributed by atoms with Gasteiger partial charge in [0.1, 0.15) is 0 Å². The molecule has 2 aliphatic carbocycles. The molecule has 0 spiro atoms. The minimum absolute atomic E-state index is 0.00545. The van der Waals surface area contributed by atoms with Gasteiger partial charge in [0.2, 0.25) is 0 Å². The summed E-state index contributed by atoms with van der Waals surface area (Å²) in [6.45, 7) is 9.19. The van der Waals surface area contributed by atoms with Crippen molar-refractivity contribution in [3.8, 4) is 45.3 Å². The molecule has 0 amide bonds. The maximum atomic E-state index is 8.45. The van der Waals surface area contributed by atoms with Crippen molar-refractivity contribution in [2.75, 3.05) is 28.4 Å². The zero-order chi connectivity index (χ0) is 33.0. The Morgan fingerprint density at radius 2 is 0.978 bits per heavy atom. The number of hydrogen-bond donors (Lipinski definition) is 0. The number of methoxy groups -OCH3 is 4. The predicted molar refractivity (Wildman–Crippen MR) is 193 cm³/mol. The summed E-state index contributed by atoms with van der Waals surface area (Å²) in [7, 11) is 23.6. The van der Waals surface area contributed by atoms with Crippen LogP contribution in [-0.2, 0) is 15.6 Å². The fourth-order valence-corrected chi connectivity index (χ4v) is 40.8. The van der Waals surface area contributed by atoms with Crippen molar-refractivity contribution >= 4 is 35.1 Å². The number of ether oxygens (including phenoxy) is 4. The molecule has 4 nitrogen and oxygen atoms in total. The molecule has 0 saturated heterocycles. The Balaban J connectivity index is 1.53. The standard InChI is InChI=1S/2C18H17O2.C2H7Si.2ClH.Zr/c2*1-12-9-13-5-4-6-15(17(13)10-12)16-8-7-14(19-2)11-18(16)20-3;1-3-2;;;/h2*4-11H,1-3H3;3H,1-2H3;2*1H;/q;;;;;+2/p-2. The van der Waals surface area contributed by atoms with E-state index in [9.17, 15) is 0 Å². The van der Waals surface area contributed by atoms with E-state index in [1.54, 1.807) is 28.4 Å². The van der Waals surface area contributed by atoms with Crippen LogP contribution in [0.2, 0.25) is 13.1 Å². The molecule has 2 aliphatic rings. The van der Waals surface area contributed by atoms with Gasteiger partial charge in [-0.2, -0.15) is 0 Å². The second kappa shape index (κ2) is 12.4. The third kappa shape index (κ3) is 5.03. The van der Waals surface area contributed by atoms with E-state index in [2.05, 4.69) is 87.6 Å². The summed E-state index contributed by atoms with van der Waals surface area (Å²) in [6, 6.07) is 25.1. The molecule has 0 heterocycles. The summed E-state index contributed by atoms with van der Waals surface area (Å²) in [5.41, 5.74) is 11.6. The molecule has 2 atom stereocenters. The van der Waals surface area contributed by atoms with Gasteiger partial charge in [-0.15, -0.1) is 0 Å². The van der Waals surface area contributed by atoms with Crippen molar-refractivity contribution in [3.05, 3.63) is 106 Å². The zero-order valence-electron chi connectivity index (χ0n) is 27.7. The predicted octanol–water partition coefficient (Wildman–Crippen LogP) is 10.7. The van der Waals surface area contributed by atoms with Crippen LogP contribution >= 0.6 is 17.0 Å². The topological polar surface area (TPSA) is 36.9 Å². The molecular formula is C38H41Cl2O4SiZr. The van der Waals surface area contributed by atoms with E-state index in [-0.39, 0.29) is 7.25 Å². The number of fused-ring (bicyclic) bond motifs is 2. The first-order valence-electron chi connectivity index (χ1n) is 15.6. The maximum absolute atomic E-state index is 8.45. The number of halogens is 2. The second-order valence-corrected chi connectivity index (χ2v) is 55.3. The molecule has 0 fully saturated rings. The fourth-order valence-electron chi connectivity index (χ4n) is 7.91. The summed E-state index contributed by atoms with van der Waals surface area (Å²) in [6.07, 6.45) is 4.64. The quantitative estimate of drug-likeness (QED) is 0.160. The van der Waals surface area contributed by atoms with Gasteiger partial charge in [-0.1, -0.05) is 0 Å². The summed E-state index contributed by atoms with van der Waals surface area (Å²) in [4.78, 5) is 0. The van der Waals surface area contributed by atoms with Gasteiger partial charge in [0.25, 0.3) is 0 Å². The van der Waals surface area contributed by atoms with Crippen LogP contribution in [-0.4, -0.2) is 34.4 Å². The number of hydrogen-bond acceptors (Lipinski definition) is 4. The molecule has 6 rings (SSSR count). The van der Waals surface area contributed by atoms with Crippen LogP contribution in [0.25, 0.3) is 34.4 Å². The molecule has 0 N–H and O–H groups in total. The molecular weight excluding hydrogens is 711 g/mol. The molecule has 4 aromatic rings. The summed E-state index contributed by atoms with van der Waals surface area (Å²) in [5, 5.41) is 0. The monoisotopic (exact) mass is 749 g/mol. The van der Waals surface area contributed by atoms with E-state index in [0.29, 0.717) is 0 Å². The Kier molecular flexibility index (Phi) is 8.91. The van der Waals surface area contributed by atoms with Gasteiger partial charge in [-0.05, 0) is 0 Å². The summed E-state index contributed by atoms with van der Waals surface area (Å²) >= 11 is -4.84. The van der Waals surface area contributed by atoms with E-state index in [1.165, 1.54) is 33.4 Å². The van der Waals surface area contributed by atoms with Crippen LogP contribution in [0.1, 0.15) is 43.4 Å².